The van der Waals surface area contributed by atoms with Crippen LogP contribution in [-0.2, 0) is 28.0 Å². The summed E-state index contributed by atoms with van der Waals surface area (Å²) in [5.74, 6) is -0.476. The maximum absolute atomic E-state index is 13.5. The molecular weight excluding hydrogens is 425 g/mol. The van der Waals surface area contributed by atoms with Crippen molar-refractivity contribution in [3.8, 4) is 0 Å². The van der Waals surface area contributed by atoms with Crippen molar-refractivity contribution >= 4 is 34.9 Å². The molecule has 1 saturated heterocycles. The fraction of sp³-hybridized carbons (Fsp3) is 0.200. The first-order valence-electron chi connectivity index (χ1n) is 10.3. The zero-order valence-corrected chi connectivity index (χ0v) is 18.5. The molecular formula is C25H24FN3O2S. The highest BCUT2D eigenvalue weighted by Crippen LogP contribution is 2.41. The predicted molar refractivity (Wildman–Crippen MR) is 126 cm³/mol. The third-order valence-electron chi connectivity index (χ3n) is 5.92. The van der Waals surface area contributed by atoms with E-state index in [1.807, 2.05) is 48.5 Å². The minimum absolute atomic E-state index is 0.155. The first-order valence-corrected chi connectivity index (χ1v) is 11.8. The minimum atomic E-state index is -1.39. The SMILES string of the molecule is C[S+]([O-])N1CCC(Cc2ccccc2)(c2ccc(Nc3ccc(F)cc3)c(C=N)c2)C1=O. The summed E-state index contributed by atoms with van der Waals surface area (Å²) in [6.45, 7) is 0.421. The molecule has 4 rings (SSSR count). The summed E-state index contributed by atoms with van der Waals surface area (Å²) in [5.41, 5.74) is 2.97. The van der Waals surface area contributed by atoms with Gasteiger partial charge >= 0.3 is 0 Å². The largest absolute Gasteiger partial charge is 0.593 e. The van der Waals surface area contributed by atoms with Gasteiger partial charge in [-0.3, -0.25) is 4.79 Å². The van der Waals surface area contributed by atoms with E-state index in [-0.39, 0.29) is 11.7 Å². The molecule has 1 aliphatic rings. The fourth-order valence-electron chi connectivity index (χ4n) is 4.25. The Morgan fingerprint density at radius 2 is 1.88 bits per heavy atom. The Bertz CT molecular complexity index is 1120. The van der Waals surface area contributed by atoms with Crippen LogP contribution in [0.3, 0.4) is 0 Å². The van der Waals surface area contributed by atoms with Crippen LogP contribution in [0.1, 0.15) is 23.1 Å². The van der Waals surface area contributed by atoms with Crippen LogP contribution in [0.2, 0.25) is 0 Å². The number of carbonyl (C=O) groups excluding carboxylic acids is 1. The van der Waals surface area contributed by atoms with E-state index in [2.05, 4.69) is 5.32 Å². The van der Waals surface area contributed by atoms with E-state index >= 15 is 0 Å². The molecule has 1 amide bonds. The van der Waals surface area contributed by atoms with Crippen LogP contribution in [0.5, 0.6) is 0 Å². The summed E-state index contributed by atoms with van der Waals surface area (Å²) < 4.78 is 26.8. The molecule has 2 N–H and O–H groups in total. The Kier molecular flexibility index (Phi) is 6.30. The number of halogens is 1. The normalized spacial score (nSPS) is 19.1. The number of anilines is 2. The molecule has 1 heterocycles. The van der Waals surface area contributed by atoms with Crippen LogP contribution in [0.25, 0.3) is 0 Å². The van der Waals surface area contributed by atoms with Crippen molar-refractivity contribution in [1.82, 2.24) is 4.31 Å². The van der Waals surface area contributed by atoms with Crippen LogP contribution >= 0.6 is 0 Å². The van der Waals surface area contributed by atoms with E-state index in [0.717, 1.165) is 11.1 Å². The van der Waals surface area contributed by atoms with Gasteiger partial charge in [-0.2, -0.15) is 4.31 Å². The molecule has 0 bridgehead atoms. The second-order valence-corrected chi connectivity index (χ2v) is 9.19. The lowest BCUT2D eigenvalue weighted by molar-refractivity contribution is -0.128. The Labute approximate surface area is 190 Å². The number of rotatable bonds is 7. The summed E-state index contributed by atoms with van der Waals surface area (Å²) >= 11 is -1.39. The molecule has 2 atom stereocenters. The van der Waals surface area contributed by atoms with Gasteiger partial charge in [0.2, 0.25) is 0 Å². The monoisotopic (exact) mass is 449 g/mol. The predicted octanol–water partition coefficient (Wildman–Crippen LogP) is 4.57. The van der Waals surface area contributed by atoms with Crippen molar-refractivity contribution in [3.63, 3.8) is 0 Å². The Morgan fingerprint density at radius 1 is 1.16 bits per heavy atom. The van der Waals surface area contributed by atoms with Gasteiger partial charge in [0.05, 0.1) is 23.3 Å². The number of nitrogens with zero attached hydrogens (tertiary/aromatic N) is 1. The van der Waals surface area contributed by atoms with Gasteiger partial charge in [-0.05, 0) is 60.4 Å². The summed E-state index contributed by atoms with van der Waals surface area (Å²) in [4.78, 5) is 13.5. The lowest BCUT2D eigenvalue weighted by Crippen LogP contribution is -2.41. The van der Waals surface area contributed by atoms with E-state index in [0.29, 0.717) is 36.3 Å². The van der Waals surface area contributed by atoms with E-state index < -0.39 is 16.8 Å². The van der Waals surface area contributed by atoms with Crippen molar-refractivity contribution in [1.29, 1.82) is 5.41 Å². The average Bonchev–Trinajstić information content (AvgIpc) is 3.13. The van der Waals surface area contributed by atoms with Crippen molar-refractivity contribution in [2.24, 2.45) is 0 Å². The molecule has 5 nitrogen and oxygen atoms in total. The van der Waals surface area contributed by atoms with Gasteiger partial charge in [0.1, 0.15) is 12.1 Å². The lowest BCUT2D eigenvalue weighted by atomic mass is 9.74. The molecule has 3 aromatic rings. The van der Waals surface area contributed by atoms with Gasteiger partial charge < -0.3 is 15.3 Å². The van der Waals surface area contributed by atoms with Gasteiger partial charge in [0, 0.05) is 23.2 Å². The zero-order valence-electron chi connectivity index (χ0n) is 17.7. The second-order valence-electron chi connectivity index (χ2n) is 7.90. The number of nitrogens with one attached hydrogen (secondary N) is 2. The molecule has 3 aromatic carbocycles. The van der Waals surface area contributed by atoms with Crippen molar-refractivity contribution in [3.05, 3.63) is 95.3 Å². The smallest absolute Gasteiger partial charge is 0.274 e. The van der Waals surface area contributed by atoms with Gasteiger partial charge in [0.15, 0.2) is 0 Å². The maximum atomic E-state index is 13.5. The van der Waals surface area contributed by atoms with Crippen LogP contribution in [-0.4, -0.2) is 33.8 Å². The van der Waals surface area contributed by atoms with Crippen molar-refractivity contribution in [2.75, 3.05) is 18.1 Å². The Morgan fingerprint density at radius 3 is 2.50 bits per heavy atom. The van der Waals surface area contributed by atoms with Crippen molar-refractivity contribution in [2.45, 2.75) is 18.3 Å². The molecule has 7 heteroatoms. The van der Waals surface area contributed by atoms with E-state index in [9.17, 15) is 13.7 Å². The van der Waals surface area contributed by atoms with Crippen LogP contribution < -0.4 is 5.32 Å². The second kappa shape index (κ2) is 9.14. The van der Waals surface area contributed by atoms with Gasteiger partial charge in [-0.15, -0.1) is 0 Å². The number of amides is 1. The molecule has 0 spiro atoms. The van der Waals surface area contributed by atoms with E-state index in [1.54, 1.807) is 12.1 Å². The van der Waals surface area contributed by atoms with Crippen molar-refractivity contribution < 1.29 is 13.7 Å². The van der Waals surface area contributed by atoms with E-state index in [4.69, 9.17) is 5.41 Å². The number of benzene rings is 3. The first kappa shape index (κ1) is 22.0. The summed E-state index contributed by atoms with van der Waals surface area (Å²) in [7, 11) is 0. The van der Waals surface area contributed by atoms with Crippen LogP contribution in [0.15, 0.2) is 72.8 Å². The standard InChI is InChI=1S/C25H24FN3O2S/c1-32(31)29-14-13-25(24(29)30,16-18-5-3-2-4-6-18)20-7-12-23(19(15-20)17-27)28-22-10-8-21(26)9-11-22/h2-12,15,17,27-28H,13-14,16H2,1H3. The first-order chi connectivity index (χ1) is 15.4. The van der Waals surface area contributed by atoms with Gasteiger partial charge in [0.25, 0.3) is 5.91 Å². The molecule has 1 fully saturated rings. The maximum Gasteiger partial charge on any atom is 0.274 e. The minimum Gasteiger partial charge on any atom is -0.593 e. The van der Waals surface area contributed by atoms with Crippen LogP contribution in [0.4, 0.5) is 15.8 Å². The molecule has 0 radical (unpaired) electrons. The highest BCUT2D eigenvalue weighted by molar-refractivity contribution is 7.88. The topological polar surface area (TPSA) is 79.2 Å². The number of carbonyl (C=O) groups is 1. The Hall–Kier alpha value is -3.16. The average molecular weight is 450 g/mol. The molecule has 32 heavy (non-hydrogen) atoms. The molecule has 0 aliphatic carbocycles. The number of hydrogen-bond donors (Lipinski definition) is 2. The highest BCUT2D eigenvalue weighted by atomic mass is 32.2. The molecule has 0 saturated carbocycles. The quantitative estimate of drug-likeness (QED) is 0.410. The lowest BCUT2D eigenvalue weighted by Gasteiger charge is -2.29. The zero-order chi connectivity index (χ0) is 22.7. The summed E-state index contributed by atoms with van der Waals surface area (Å²) in [6.07, 6.45) is 3.79. The summed E-state index contributed by atoms with van der Waals surface area (Å²) in [5, 5.41) is 11.1. The molecule has 0 aromatic heterocycles. The van der Waals surface area contributed by atoms with Crippen LogP contribution in [0, 0.1) is 11.2 Å². The third kappa shape index (κ3) is 4.26. The number of hydrogen-bond acceptors (Lipinski definition) is 4. The van der Waals surface area contributed by atoms with Gasteiger partial charge in [-0.1, -0.05) is 36.4 Å². The van der Waals surface area contributed by atoms with Gasteiger partial charge in [-0.25, -0.2) is 4.39 Å². The van der Waals surface area contributed by atoms with E-state index in [1.165, 1.54) is 28.9 Å². The fourth-order valence-corrected chi connectivity index (χ4v) is 5.00. The molecule has 1 aliphatic heterocycles. The third-order valence-corrected chi connectivity index (χ3v) is 6.89. The molecule has 164 valence electrons. The Balaban J connectivity index is 1.73. The molecule has 2 unspecified atom stereocenters. The summed E-state index contributed by atoms with van der Waals surface area (Å²) in [6, 6.07) is 21.4. The highest BCUT2D eigenvalue weighted by Gasteiger charge is 2.51.